The first-order valence-corrected chi connectivity index (χ1v) is 22.1. The van der Waals surface area contributed by atoms with E-state index in [-0.39, 0.29) is 0 Å². The third-order valence-electron chi connectivity index (χ3n) is 13.7. The third kappa shape index (κ3) is 5.68. The molecular formula is C62H37N3. The Balaban J connectivity index is 0.913. The molecule has 0 aliphatic heterocycles. The maximum Gasteiger partial charge on any atom is 0.187 e. The molecule has 2 aliphatic rings. The molecule has 0 radical (unpaired) electrons. The monoisotopic (exact) mass is 823 g/mol. The molecule has 1 spiro atoms. The Bertz CT molecular complexity index is 3650. The fourth-order valence-electron chi connectivity index (χ4n) is 10.7. The van der Waals surface area contributed by atoms with Gasteiger partial charge in [0.2, 0.25) is 0 Å². The first-order valence-electron chi connectivity index (χ1n) is 22.1. The predicted molar refractivity (Wildman–Crippen MR) is 267 cm³/mol. The number of fused-ring (bicyclic) bond motifs is 12. The Kier molecular flexibility index (Phi) is 8.19. The molecule has 0 atom stereocenters. The lowest BCUT2D eigenvalue weighted by atomic mass is 9.70. The van der Waals surface area contributed by atoms with Crippen LogP contribution in [0.4, 0.5) is 5.69 Å². The van der Waals surface area contributed by atoms with Crippen molar-refractivity contribution in [1.29, 1.82) is 0 Å². The molecule has 10 aromatic carbocycles. The van der Waals surface area contributed by atoms with Crippen LogP contribution < -0.4 is 0 Å². The van der Waals surface area contributed by atoms with Crippen LogP contribution in [0.15, 0.2) is 224 Å². The van der Waals surface area contributed by atoms with Crippen molar-refractivity contribution in [1.82, 2.24) is 9.97 Å². The molecule has 3 heteroatoms. The van der Waals surface area contributed by atoms with E-state index in [1.165, 1.54) is 71.6 Å². The minimum absolute atomic E-state index is 0.524. The molecule has 0 saturated heterocycles. The summed E-state index contributed by atoms with van der Waals surface area (Å²) >= 11 is 0. The van der Waals surface area contributed by atoms with Crippen LogP contribution in [0.1, 0.15) is 22.3 Å². The Morgan fingerprint density at radius 3 is 1.49 bits per heavy atom. The highest BCUT2D eigenvalue weighted by Gasteiger charge is 2.52. The minimum atomic E-state index is -0.524. The largest absolute Gasteiger partial charge is 0.238 e. The topological polar surface area (TPSA) is 30.1 Å². The Hall–Kier alpha value is -8.71. The second kappa shape index (κ2) is 14.4. The predicted octanol–water partition coefficient (Wildman–Crippen LogP) is 16.0. The van der Waals surface area contributed by atoms with Crippen molar-refractivity contribution in [3.63, 3.8) is 0 Å². The van der Waals surface area contributed by atoms with Gasteiger partial charge in [-0.2, -0.15) is 0 Å². The molecule has 65 heavy (non-hydrogen) atoms. The lowest BCUT2D eigenvalue weighted by molar-refractivity contribution is 0.794. The standard InChI is InChI=1S/C62H37N3/c1-63-49-32-33-53-57(37-49)62(54-21-8-6-18-51(54)52-19-7-9-22-55(52)62)56-23-11-20-50(60(53)56)46-17-10-16-45(34-46)41-24-28-42(29-25-41)61-64-58(47-30-26-39-12-2-4-14-43(39)35-47)38-59(65-61)48-31-27-40-13-3-5-15-44(40)36-48/h2-38H. The van der Waals surface area contributed by atoms with Crippen LogP contribution in [0.25, 0.3) is 105 Å². The lowest BCUT2D eigenvalue weighted by Crippen LogP contribution is -2.25. The summed E-state index contributed by atoms with van der Waals surface area (Å²) in [6, 6.07) is 80.4. The molecule has 0 amide bonds. The zero-order valence-electron chi connectivity index (χ0n) is 35.2. The van der Waals surface area contributed by atoms with Gasteiger partial charge in [0.15, 0.2) is 11.5 Å². The van der Waals surface area contributed by atoms with Crippen LogP contribution in [0.3, 0.4) is 0 Å². The first kappa shape index (κ1) is 36.9. The van der Waals surface area contributed by atoms with Gasteiger partial charge in [-0.25, -0.2) is 14.8 Å². The summed E-state index contributed by atoms with van der Waals surface area (Å²) < 4.78 is 0. The second-order valence-electron chi connectivity index (χ2n) is 17.2. The van der Waals surface area contributed by atoms with Gasteiger partial charge in [-0.15, -0.1) is 0 Å². The van der Waals surface area contributed by atoms with Crippen molar-refractivity contribution in [2.24, 2.45) is 0 Å². The van der Waals surface area contributed by atoms with Crippen LogP contribution in [0.2, 0.25) is 0 Å². The van der Waals surface area contributed by atoms with E-state index in [0.717, 1.165) is 44.8 Å². The normalized spacial score (nSPS) is 12.7. The van der Waals surface area contributed by atoms with Gasteiger partial charge in [0, 0.05) is 16.7 Å². The van der Waals surface area contributed by atoms with Crippen molar-refractivity contribution in [3.05, 3.63) is 258 Å². The fourth-order valence-corrected chi connectivity index (χ4v) is 10.7. The summed E-state index contributed by atoms with van der Waals surface area (Å²) in [5.74, 6) is 0.683. The molecular weight excluding hydrogens is 787 g/mol. The summed E-state index contributed by atoms with van der Waals surface area (Å²) in [7, 11) is 0. The van der Waals surface area contributed by atoms with E-state index in [1.807, 2.05) is 6.07 Å². The lowest BCUT2D eigenvalue weighted by Gasteiger charge is -2.30. The summed E-state index contributed by atoms with van der Waals surface area (Å²) in [5.41, 5.74) is 19.4. The summed E-state index contributed by atoms with van der Waals surface area (Å²) in [5, 5.41) is 4.75. The Labute approximate surface area is 377 Å². The average molecular weight is 824 g/mol. The van der Waals surface area contributed by atoms with Crippen LogP contribution in [-0.4, -0.2) is 9.97 Å². The van der Waals surface area contributed by atoms with Crippen LogP contribution in [0.5, 0.6) is 0 Å². The number of aromatic nitrogens is 2. The van der Waals surface area contributed by atoms with Gasteiger partial charge in [-0.1, -0.05) is 200 Å². The van der Waals surface area contributed by atoms with E-state index >= 15 is 0 Å². The number of hydrogen-bond donors (Lipinski definition) is 0. The first-order chi connectivity index (χ1) is 32.1. The SMILES string of the molecule is [C-]#[N+]c1ccc2c(c1)C1(c3ccccc3-c3ccccc31)c1cccc(-c3cccc(-c4ccc(-c5nc(-c6ccc7ccccc7c6)cc(-c6ccc7ccccc7c6)n5)cc4)c3)c1-2. The van der Waals surface area contributed by atoms with Crippen molar-refractivity contribution >= 4 is 27.2 Å². The number of hydrogen-bond acceptors (Lipinski definition) is 2. The second-order valence-corrected chi connectivity index (χ2v) is 17.2. The van der Waals surface area contributed by atoms with Crippen molar-refractivity contribution in [2.75, 3.05) is 0 Å². The Morgan fingerprint density at radius 2 is 0.846 bits per heavy atom. The van der Waals surface area contributed by atoms with E-state index in [0.29, 0.717) is 11.5 Å². The fraction of sp³-hybridized carbons (Fsp3) is 0.0161. The van der Waals surface area contributed by atoms with Crippen LogP contribution in [-0.2, 0) is 5.41 Å². The molecule has 3 nitrogen and oxygen atoms in total. The molecule has 1 aromatic heterocycles. The van der Waals surface area contributed by atoms with Crippen LogP contribution >= 0.6 is 0 Å². The van der Waals surface area contributed by atoms with Crippen molar-refractivity contribution < 1.29 is 0 Å². The summed E-state index contributed by atoms with van der Waals surface area (Å²) in [4.78, 5) is 14.4. The average Bonchev–Trinajstić information content (AvgIpc) is 3.85. The van der Waals surface area contributed by atoms with E-state index in [4.69, 9.17) is 16.5 Å². The number of benzene rings is 10. The van der Waals surface area contributed by atoms with Crippen molar-refractivity contribution in [3.8, 4) is 78.4 Å². The molecule has 0 bridgehead atoms. The molecule has 1 heterocycles. The zero-order valence-corrected chi connectivity index (χ0v) is 35.2. The highest BCUT2D eigenvalue weighted by Crippen LogP contribution is 2.64. The van der Waals surface area contributed by atoms with Crippen LogP contribution in [0, 0.1) is 6.57 Å². The third-order valence-corrected chi connectivity index (χ3v) is 13.7. The van der Waals surface area contributed by atoms with Gasteiger partial charge in [0.05, 0.1) is 23.4 Å². The minimum Gasteiger partial charge on any atom is -0.238 e. The van der Waals surface area contributed by atoms with Gasteiger partial charge in [0.25, 0.3) is 0 Å². The molecule has 0 fully saturated rings. The quantitative estimate of drug-likeness (QED) is 0.162. The smallest absolute Gasteiger partial charge is 0.187 e. The van der Waals surface area contributed by atoms with E-state index < -0.39 is 5.41 Å². The highest BCUT2D eigenvalue weighted by molar-refractivity contribution is 6.01. The Morgan fingerprint density at radius 1 is 0.323 bits per heavy atom. The van der Waals surface area contributed by atoms with E-state index in [9.17, 15) is 0 Å². The van der Waals surface area contributed by atoms with Gasteiger partial charge >= 0.3 is 0 Å². The molecule has 0 N–H and O–H groups in total. The summed E-state index contributed by atoms with van der Waals surface area (Å²) in [6.45, 7) is 8.02. The van der Waals surface area contributed by atoms with E-state index in [2.05, 4.69) is 223 Å². The van der Waals surface area contributed by atoms with Crippen molar-refractivity contribution in [2.45, 2.75) is 5.41 Å². The molecule has 2 aliphatic carbocycles. The molecule has 0 saturated carbocycles. The van der Waals surface area contributed by atoms with Gasteiger partial charge < -0.3 is 0 Å². The molecule has 11 aromatic rings. The summed E-state index contributed by atoms with van der Waals surface area (Å²) in [6.07, 6.45) is 0. The maximum absolute atomic E-state index is 8.02. The number of nitrogens with zero attached hydrogens (tertiary/aromatic N) is 3. The maximum atomic E-state index is 8.02. The number of rotatable bonds is 5. The zero-order chi connectivity index (χ0) is 43.1. The van der Waals surface area contributed by atoms with Gasteiger partial charge in [-0.05, 0) is 113 Å². The van der Waals surface area contributed by atoms with Gasteiger partial charge in [-0.3, -0.25) is 0 Å². The molecule has 300 valence electrons. The highest BCUT2D eigenvalue weighted by atomic mass is 14.9. The molecule has 0 unspecified atom stereocenters. The van der Waals surface area contributed by atoms with E-state index in [1.54, 1.807) is 0 Å². The van der Waals surface area contributed by atoms with Gasteiger partial charge in [0.1, 0.15) is 0 Å². The molecule has 13 rings (SSSR count).